The second-order valence-corrected chi connectivity index (χ2v) is 6.16. The molecule has 1 fully saturated rings. The number of imidazole rings is 1. The minimum absolute atomic E-state index is 0.0758. The van der Waals surface area contributed by atoms with Gasteiger partial charge in [-0.05, 0) is 24.6 Å². The molecule has 0 spiro atoms. The van der Waals surface area contributed by atoms with Crippen LogP contribution in [-0.4, -0.2) is 53.7 Å². The molecule has 6 nitrogen and oxygen atoms in total. The highest BCUT2D eigenvalue weighted by Crippen LogP contribution is 2.27. The van der Waals surface area contributed by atoms with E-state index in [1.165, 1.54) is 19.2 Å². The van der Waals surface area contributed by atoms with E-state index < -0.39 is 6.04 Å². The summed E-state index contributed by atoms with van der Waals surface area (Å²) >= 11 is 0. The van der Waals surface area contributed by atoms with E-state index in [1.54, 1.807) is 24.7 Å². The number of carbonyl (C=O) groups excluding carboxylic acids is 1. The molecule has 2 aromatic rings. The molecule has 1 N–H and O–H groups in total. The Balaban J connectivity index is 1.94. The molecular formula is C18H23FN4O2. The van der Waals surface area contributed by atoms with Gasteiger partial charge in [-0.2, -0.15) is 0 Å². The molecule has 0 saturated carbocycles. The third-order valence-electron chi connectivity index (χ3n) is 4.69. The smallest absolute Gasteiger partial charge is 0.329 e. The zero-order valence-corrected chi connectivity index (χ0v) is 14.5. The number of benzene rings is 1. The van der Waals surface area contributed by atoms with Crippen LogP contribution in [-0.2, 0) is 9.53 Å². The van der Waals surface area contributed by atoms with Gasteiger partial charge in [-0.25, -0.2) is 14.2 Å². The fourth-order valence-corrected chi connectivity index (χ4v) is 3.26. The number of hydrogen-bond acceptors (Lipinski definition) is 5. The molecule has 1 aromatic carbocycles. The van der Waals surface area contributed by atoms with Gasteiger partial charge in [-0.1, -0.05) is 12.1 Å². The molecule has 1 unspecified atom stereocenters. The van der Waals surface area contributed by atoms with E-state index in [9.17, 15) is 9.18 Å². The van der Waals surface area contributed by atoms with E-state index in [0.29, 0.717) is 0 Å². The van der Waals surface area contributed by atoms with Crippen LogP contribution in [0.3, 0.4) is 0 Å². The molecule has 7 heteroatoms. The van der Waals surface area contributed by atoms with Gasteiger partial charge in [0.1, 0.15) is 5.82 Å². The first-order valence-corrected chi connectivity index (χ1v) is 8.41. The Bertz CT molecular complexity index is 710. The minimum Gasteiger partial charge on any atom is -0.468 e. The van der Waals surface area contributed by atoms with Crippen LogP contribution >= 0.6 is 0 Å². The van der Waals surface area contributed by atoms with E-state index in [-0.39, 0.29) is 17.8 Å². The van der Waals surface area contributed by atoms with E-state index in [4.69, 9.17) is 4.74 Å². The van der Waals surface area contributed by atoms with Crippen molar-refractivity contribution in [2.45, 2.75) is 19.0 Å². The first-order chi connectivity index (χ1) is 12.1. The fraction of sp³-hybridized carbons (Fsp3) is 0.444. The Kier molecular flexibility index (Phi) is 5.45. The van der Waals surface area contributed by atoms with Gasteiger partial charge in [0.2, 0.25) is 0 Å². The van der Waals surface area contributed by atoms with Gasteiger partial charge in [-0.3, -0.25) is 4.90 Å². The highest BCUT2D eigenvalue weighted by atomic mass is 19.1. The number of nitrogens with zero attached hydrogens (tertiary/aromatic N) is 3. The molecule has 25 heavy (non-hydrogen) atoms. The van der Waals surface area contributed by atoms with Crippen LogP contribution in [0.2, 0.25) is 0 Å². The lowest BCUT2D eigenvalue weighted by Crippen LogP contribution is -2.48. The average Bonchev–Trinajstić information content (AvgIpc) is 3.12. The number of ether oxygens (including phenoxy) is 1. The predicted molar refractivity (Wildman–Crippen MR) is 91.6 cm³/mol. The van der Waals surface area contributed by atoms with Gasteiger partial charge >= 0.3 is 5.97 Å². The van der Waals surface area contributed by atoms with Gasteiger partial charge in [0, 0.05) is 26.2 Å². The van der Waals surface area contributed by atoms with Crippen molar-refractivity contribution in [3.63, 3.8) is 0 Å². The summed E-state index contributed by atoms with van der Waals surface area (Å²) in [5.41, 5.74) is 1.73. The molecule has 3 rings (SSSR count). The van der Waals surface area contributed by atoms with E-state index >= 15 is 0 Å². The molecule has 2 heterocycles. The number of rotatable bonds is 5. The maximum absolute atomic E-state index is 13.2. The van der Waals surface area contributed by atoms with Crippen LogP contribution in [0.25, 0.3) is 0 Å². The van der Waals surface area contributed by atoms with E-state index in [0.717, 1.165) is 37.4 Å². The lowest BCUT2D eigenvalue weighted by Gasteiger charge is -2.34. The number of esters is 1. The molecule has 1 aliphatic rings. The van der Waals surface area contributed by atoms with Crippen molar-refractivity contribution in [3.05, 3.63) is 53.9 Å². The SMILES string of the molecule is COC(=O)C(c1cncn1[C@H](C)c1ccc(F)cc1)N1CCNCC1. The fourth-order valence-electron chi connectivity index (χ4n) is 3.26. The number of piperazine rings is 1. The Labute approximate surface area is 146 Å². The zero-order chi connectivity index (χ0) is 17.8. The highest BCUT2D eigenvalue weighted by Gasteiger charge is 2.33. The van der Waals surface area contributed by atoms with Crippen LogP contribution in [0, 0.1) is 5.82 Å². The molecule has 1 aromatic heterocycles. The number of methoxy groups -OCH3 is 1. The predicted octanol–water partition coefficient (Wildman–Crippen LogP) is 1.75. The van der Waals surface area contributed by atoms with E-state index in [2.05, 4.69) is 15.2 Å². The summed E-state index contributed by atoms with van der Waals surface area (Å²) in [5, 5.41) is 3.29. The monoisotopic (exact) mass is 346 g/mol. The normalized spacial score (nSPS) is 17.9. The number of aromatic nitrogens is 2. The van der Waals surface area contributed by atoms with Crippen molar-refractivity contribution < 1.29 is 13.9 Å². The number of hydrogen-bond donors (Lipinski definition) is 1. The number of halogens is 1. The molecule has 0 bridgehead atoms. The quantitative estimate of drug-likeness (QED) is 0.836. The Morgan fingerprint density at radius 1 is 1.28 bits per heavy atom. The molecule has 0 amide bonds. The van der Waals surface area contributed by atoms with Crippen molar-refractivity contribution in [1.82, 2.24) is 19.8 Å². The van der Waals surface area contributed by atoms with Crippen molar-refractivity contribution in [2.75, 3.05) is 33.3 Å². The number of carbonyl (C=O) groups is 1. The summed E-state index contributed by atoms with van der Waals surface area (Å²) in [7, 11) is 1.40. The van der Waals surface area contributed by atoms with Gasteiger partial charge in [0.25, 0.3) is 0 Å². The maximum Gasteiger partial charge on any atom is 0.329 e. The first-order valence-electron chi connectivity index (χ1n) is 8.41. The lowest BCUT2D eigenvalue weighted by molar-refractivity contribution is -0.147. The van der Waals surface area contributed by atoms with Crippen molar-refractivity contribution in [1.29, 1.82) is 0 Å². The van der Waals surface area contributed by atoms with Gasteiger partial charge in [0.15, 0.2) is 6.04 Å². The molecular weight excluding hydrogens is 323 g/mol. The largest absolute Gasteiger partial charge is 0.468 e. The van der Waals surface area contributed by atoms with Crippen LogP contribution in [0.15, 0.2) is 36.8 Å². The number of nitrogens with one attached hydrogen (secondary N) is 1. The first kappa shape index (κ1) is 17.6. The second-order valence-electron chi connectivity index (χ2n) is 6.16. The van der Waals surface area contributed by atoms with Crippen molar-refractivity contribution >= 4 is 5.97 Å². The topological polar surface area (TPSA) is 59.4 Å². The maximum atomic E-state index is 13.2. The lowest BCUT2D eigenvalue weighted by atomic mass is 10.1. The molecule has 1 saturated heterocycles. The Morgan fingerprint density at radius 2 is 1.96 bits per heavy atom. The summed E-state index contributed by atoms with van der Waals surface area (Å²) in [6, 6.07) is 5.81. The third-order valence-corrected chi connectivity index (χ3v) is 4.69. The second kappa shape index (κ2) is 7.76. The van der Waals surface area contributed by atoms with Gasteiger partial charge in [0.05, 0.1) is 31.4 Å². The highest BCUT2D eigenvalue weighted by molar-refractivity contribution is 5.77. The summed E-state index contributed by atoms with van der Waals surface area (Å²) in [4.78, 5) is 18.9. The van der Waals surface area contributed by atoms with Crippen molar-refractivity contribution in [2.24, 2.45) is 0 Å². The summed E-state index contributed by atoms with van der Waals surface area (Å²) in [6.07, 6.45) is 3.42. The molecule has 0 radical (unpaired) electrons. The van der Waals surface area contributed by atoms with Crippen LogP contribution in [0.5, 0.6) is 0 Å². The standard InChI is InChI=1S/C18H23FN4O2/c1-13(14-3-5-15(19)6-4-14)23-12-21-11-16(23)17(18(24)25-2)22-9-7-20-8-10-22/h3-6,11-13,17,20H,7-10H2,1-2H3/t13-,17?/m1/s1. The minimum atomic E-state index is -0.502. The summed E-state index contributed by atoms with van der Waals surface area (Å²) in [5.74, 6) is -0.565. The molecule has 134 valence electrons. The van der Waals surface area contributed by atoms with Gasteiger partial charge < -0.3 is 14.6 Å². The third kappa shape index (κ3) is 3.72. The van der Waals surface area contributed by atoms with Crippen LogP contribution in [0.4, 0.5) is 4.39 Å². The molecule has 0 aliphatic carbocycles. The van der Waals surface area contributed by atoms with Crippen LogP contribution < -0.4 is 5.32 Å². The molecule has 2 atom stereocenters. The molecule has 1 aliphatic heterocycles. The summed E-state index contributed by atoms with van der Waals surface area (Å²) in [6.45, 7) is 5.18. The Hall–Kier alpha value is -2.25. The van der Waals surface area contributed by atoms with E-state index in [1.807, 2.05) is 11.5 Å². The average molecular weight is 346 g/mol. The van der Waals surface area contributed by atoms with Crippen molar-refractivity contribution in [3.8, 4) is 0 Å². The van der Waals surface area contributed by atoms with Gasteiger partial charge in [-0.15, -0.1) is 0 Å². The Morgan fingerprint density at radius 3 is 2.60 bits per heavy atom. The summed E-state index contributed by atoms with van der Waals surface area (Å²) < 4.78 is 20.2. The zero-order valence-electron chi connectivity index (χ0n) is 14.5. The van der Waals surface area contributed by atoms with Crippen LogP contribution in [0.1, 0.15) is 30.3 Å².